The summed E-state index contributed by atoms with van der Waals surface area (Å²) >= 11 is 1.44. The van der Waals surface area contributed by atoms with Crippen LogP contribution in [0.4, 0.5) is 5.69 Å². The maximum absolute atomic E-state index is 12.5. The molecule has 2 heterocycles. The van der Waals surface area contributed by atoms with Crippen LogP contribution in [0, 0.1) is 0 Å². The summed E-state index contributed by atoms with van der Waals surface area (Å²) in [5.41, 5.74) is 1.62. The number of nitrogens with zero attached hydrogens (tertiary/aromatic N) is 1. The smallest absolute Gasteiger partial charge is 0.237 e. The van der Waals surface area contributed by atoms with Crippen molar-refractivity contribution in [3.63, 3.8) is 0 Å². The molecule has 6 heteroatoms. The number of aromatic nitrogens is 1. The van der Waals surface area contributed by atoms with Crippen molar-refractivity contribution in [2.75, 3.05) is 18.5 Å². The van der Waals surface area contributed by atoms with E-state index in [1.807, 2.05) is 55.5 Å². The predicted octanol–water partition coefficient (Wildman–Crippen LogP) is 4.13. The quantitative estimate of drug-likeness (QED) is 0.704. The average Bonchev–Trinajstić information content (AvgIpc) is 2.67. The first kappa shape index (κ1) is 16.7. The van der Waals surface area contributed by atoms with Gasteiger partial charge in [-0.3, -0.25) is 4.79 Å². The van der Waals surface area contributed by atoms with Crippen LogP contribution in [0.15, 0.2) is 59.6 Å². The standard InChI is InChI=1S/C20H18N2O3S/c1-13(26-19-9-6-14-4-2-3-5-16(14)22-19)20(23)21-15-7-8-17-18(12-15)25-11-10-24-17/h2-9,12-13H,10-11H2,1H3,(H,21,23)/t13-/m0/s1. The molecule has 4 rings (SSSR count). The highest BCUT2D eigenvalue weighted by Gasteiger charge is 2.17. The van der Waals surface area contributed by atoms with Gasteiger partial charge >= 0.3 is 0 Å². The van der Waals surface area contributed by atoms with Crippen molar-refractivity contribution in [1.82, 2.24) is 4.98 Å². The van der Waals surface area contributed by atoms with E-state index in [0.29, 0.717) is 30.4 Å². The van der Waals surface area contributed by atoms with E-state index in [4.69, 9.17) is 9.47 Å². The highest BCUT2D eigenvalue weighted by molar-refractivity contribution is 8.00. The molecule has 0 radical (unpaired) electrons. The minimum absolute atomic E-state index is 0.0818. The van der Waals surface area contributed by atoms with Gasteiger partial charge in [0.2, 0.25) is 5.91 Å². The number of rotatable bonds is 4. The molecule has 0 fully saturated rings. The minimum Gasteiger partial charge on any atom is -0.486 e. The number of anilines is 1. The molecule has 0 unspecified atom stereocenters. The number of benzene rings is 2. The fourth-order valence-electron chi connectivity index (χ4n) is 2.71. The molecular weight excluding hydrogens is 348 g/mol. The molecule has 0 spiro atoms. The molecule has 0 aliphatic carbocycles. The second kappa shape index (κ2) is 7.25. The number of ether oxygens (including phenoxy) is 2. The fourth-order valence-corrected chi connectivity index (χ4v) is 3.54. The van der Waals surface area contributed by atoms with Crippen LogP contribution in [0.5, 0.6) is 11.5 Å². The number of carbonyl (C=O) groups excluding carboxylic acids is 1. The molecule has 132 valence electrons. The summed E-state index contributed by atoms with van der Waals surface area (Å²) in [6.07, 6.45) is 0. The summed E-state index contributed by atoms with van der Waals surface area (Å²) in [4.78, 5) is 17.1. The Morgan fingerprint density at radius 3 is 2.77 bits per heavy atom. The minimum atomic E-state index is -0.281. The zero-order chi connectivity index (χ0) is 17.9. The Morgan fingerprint density at radius 2 is 1.88 bits per heavy atom. The number of amides is 1. The van der Waals surface area contributed by atoms with Crippen LogP contribution in [0.1, 0.15) is 6.92 Å². The largest absolute Gasteiger partial charge is 0.486 e. The number of carbonyl (C=O) groups is 1. The molecule has 5 nitrogen and oxygen atoms in total. The molecule has 1 amide bonds. The Balaban J connectivity index is 1.44. The number of hydrogen-bond acceptors (Lipinski definition) is 5. The molecule has 2 aromatic carbocycles. The maximum Gasteiger partial charge on any atom is 0.237 e. The Hall–Kier alpha value is -2.73. The van der Waals surface area contributed by atoms with Gasteiger partial charge in [-0.2, -0.15) is 0 Å². The van der Waals surface area contributed by atoms with Gasteiger partial charge in [0.15, 0.2) is 11.5 Å². The van der Waals surface area contributed by atoms with E-state index >= 15 is 0 Å². The predicted molar refractivity (Wildman–Crippen MR) is 103 cm³/mol. The van der Waals surface area contributed by atoms with Gasteiger partial charge in [0.05, 0.1) is 15.8 Å². The summed E-state index contributed by atoms with van der Waals surface area (Å²) in [7, 11) is 0. The molecule has 1 N–H and O–H groups in total. The first-order chi connectivity index (χ1) is 12.7. The van der Waals surface area contributed by atoms with E-state index in [2.05, 4.69) is 10.3 Å². The third kappa shape index (κ3) is 3.60. The first-order valence-electron chi connectivity index (χ1n) is 8.42. The molecule has 1 aliphatic rings. The second-order valence-electron chi connectivity index (χ2n) is 5.95. The third-order valence-electron chi connectivity index (χ3n) is 4.05. The highest BCUT2D eigenvalue weighted by Crippen LogP contribution is 2.33. The molecule has 3 aromatic rings. The molecule has 1 aromatic heterocycles. The normalized spacial score (nSPS) is 14.0. The topological polar surface area (TPSA) is 60.5 Å². The maximum atomic E-state index is 12.5. The van der Waals surface area contributed by atoms with Crippen LogP contribution >= 0.6 is 11.8 Å². The first-order valence-corrected chi connectivity index (χ1v) is 9.30. The molecule has 0 bridgehead atoms. The molecule has 26 heavy (non-hydrogen) atoms. The lowest BCUT2D eigenvalue weighted by Crippen LogP contribution is -2.23. The summed E-state index contributed by atoms with van der Waals surface area (Å²) in [5.74, 6) is 1.28. The lowest BCUT2D eigenvalue weighted by atomic mass is 10.2. The lowest BCUT2D eigenvalue weighted by molar-refractivity contribution is -0.115. The zero-order valence-electron chi connectivity index (χ0n) is 14.3. The third-order valence-corrected chi connectivity index (χ3v) is 5.09. The van der Waals surface area contributed by atoms with Crippen LogP contribution < -0.4 is 14.8 Å². The van der Waals surface area contributed by atoms with Crippen LogP contribution in [-0.4, -0.2) is 29.4 Å². The Kier molecular flexibility index (Phi) is 4.67. The Morgan fingerprint density at radius 1 is 1.08 bits per heavy atom. The summed E-state index contributed by atoms with van der Waals surface area (Å²) < 4.78 is 11.0. The monoisotopic (exact) mass is 366 g/mol. The Bertz CT molecular complexity index is 961. The van der Waals surface area contributed by atoms with Crippen LogP contribution in [0.2, 0.25) is 0 Å². The molecule has 1 atom stereocenters. The number of fused-ring (bicyclic) bond motifs is 2. The van der Waals surface area contributed by atoms with Crippen molar-refractivity contribution < 1.29 is 14.3 Å². The number of pyridine rings is 1. The van der Waals surface area contributed by atoms with E-state index in [0.717, 1.165) is 15.9 Å². The number of nitrogens with one attached hydrogen (secondary N) is 1. The van der Waals surface area contributed by atoms with Gasteiger partial charge in [-0.15, -0.1) is 0 Å². The van der Waals surface area contributed by atoms with Gasteiger partial charge in [-0.25, -0.2) is 4.98 Å². The van der Waals surface area contributed by atoms with Crippen molar-refractivity contribution in [2.24, 2.45) is 0 Å². The Labute approximate surface area is 155 Å². The SMILES string of the molecule is C[C@H](Sc1ccc2ccccc2n1)C(=O)Nc1ccc2c(c1)OCCO2. The van der Waals surface area contributed by atoms with E-state index in [-0.39, 0.29) is 11.2 Å². The van der Waals surface area contributed by atoms with Gasteiger partial charge in [-0.1, -0.05) is 36.0 Å². The van der Waals surface area contributed by atoms with Gasteiger partial charge in [-0.05, 0) is 31.2 Å². The van der Waals surface area contributed by atoms with Crippen molar-refractivity contribution in [1.29, 1.82) is 0 Å². The fraction of sp³-hybridized carbons (Fsp3) is 0.200. The van der Waals surface area contributed by atoms with Crippen LogP contribution in [0.3, 0.4) is 0 Å². The molecule has 0 saturated heterocycles. The van der Waals surface area contributed by atoms with Crippen molar-refractivity contribution in [3.05, 3.63) is 54.6 Å². The van der Waals surface area contributed by atoms with Crippen molar-refractivity contribution in [3.8, 4) is 11.5 Å². The summed E-state index contributed by atoms with van der Waals surface area (Å²) in [6.45, 7) is 2.93. The van der Waals surface area contributed by atoms with Gasteiger partial charge in [0, 0.05) is 17.1 Å². The van der Waals surface area contributed by atoms with E-state index in [1.165, 1.54) is 11.8 Å². The highest BCUT2D eigenvalue weighted by atomic mass is 32.2. The van der Waals surface area contributed by atoms with Gasteiger partial charge in [0.1, 0.15) is 13.2 Å². The second-order valence-corrected chi connectivity index (χ2v) is 7.31. The molecular formula is C20H18N2O3S. The van der Waals surface area contributed by atoms with Crippen molar-refractivity contribution in [2.45, 2.75) is 17.2 Å². The number of para-hydroxylation sites is 1. The van der Waals surface area contributed by atoms with Crippen molar-refractivity contribution >= 4 is 34.3 Å². The number of hydrogen-bond donors (Lipinski definition) is 1. The lowest BCUT2D eigenvalue weighted by Gasteiger charge is -2.19. The summed E-state index contributed by atoms with van der Waals surface area (Å²) in [6, 6.07) is 17.3. The van der Waals surface area contributed by atoms with E-state index < -0.39 is 0 Å². The summed E-state index contributed by atoms with van der Waals surface area (Å²) in [5, 5.41) is 4.56. The molecule has 1 aliphatic heterocycles. The average molecular weight is 366 g/mol. The van der Waals surface area contributed by atoms with Crippen LogP contribution in [-0.2, 0) is 4.79 Å². The van der Waals surface area contributed by atoms with E-state index in [1.54, 1.807) is 6.07 Å². The molecule has 0 saturated carbocycles. The van der Waals surface area contributed by atoms with E-state index in [9.17, 15) is 4.79 Å². The van der Waals surface area contributed by atoms with Gasteiger partial charge in [0.25, 0.3) is 0 Å². The van der Waals surface area contributed by atoms with Gasteiger partial charge < -0.3 is 14.8 Å². The zero-order valence-corrected chi connectivity index (χ0v) is 15.1. The van der Waals surface area contributed by atoms with Crippen LogP contribution in [0.25, 0.3) is 10.9 Å². The number of thioether (sulfide) groups is 1.